The number of nitrogens with two attached hydrogens (primary N) is 1. The highest BCUT2D eigenvalue weighted by atomic mass is 16.5. The van der Waals surface area contributed by atoms with Crippen molar-refractivity contribution in [1.82, 2.24) is 4.90 Å². The van der Waals surface area contributed by atoms with Crippen molar-refractivity contribution >= 4 is 11.9 Å². The van der Waals surface area contributed by atoms with Gasteiger partial charge in [0.15, 0.2) is 0 Å². The molecule has 0 atom stereocenters. The third-order valence-corrected chi connectivity index (χ3v) is 2.50. The molecule has 0 bridgehead atoms. The lowest BCUT2D eigenvalue weighted by Gasteiger charge is -2.15. The first kappa shape index (κ1) is 12.5. The number of carbonyl (C=O) groups excluding carboxylic acids is 2. The highest BCUT2D eigenvalue weighted by molar-refractivity contribution is 6.06. The molecule has 1 aliphatic heterocycles. The van der Waals surface area contributed by atoms with Gasteiger partial charge in [-0.05, 0) is 13.3 Å². The average Bonchev–Trinajstić information content (AvgIpc) is 2.54. The van der Waals surface area contributed by atoms with Gasteiger partial charge in [0.2, 0.25) is 0 Å². The van der Waals surface area contributed by atoms with E-state index in [0.717, 1.165) is 12.8 Å². The van der Waals surface area contributed by atoms with Gasteiger partial charge in [-0.15, -0.1) is 0 Å². The number of unbranched alkanes of at least 4 members (excludes halogenated alkanes) is 1. The zero-order valence-corrected chi connectivity index (χ0v) is 9.78. The van der Waals surface area contributed by atoms with Crippen molar-refractivity contribution in [2.45, 2.75) is 26.7 Å². The van der Waals surface area contributed by atoms with Gasteiger partial charge in [0, 0.05) is 6.54 Å². The van der Waals surface area contributed by atoms with Crippen molar-refractivity contribution in [2.24, 2.45) is 5.73 Å². The Balaban J connectivity index is 2.66. The van der Waals surface area contributed by atoms with Crippen molar-refractivity contribution in [3.8, 4) is 0 Å². The minimum Gasteiger partial charge on any atom is -0.463 e. The Morgan fingerprint density at radius 2 is 2.19 bits per heavy atom. The van der Waals surface area contributed by atoms with Crippen LogP contribution in [0.3, 0.4) is 0 Å². The number of hydrogen-bond acceptors (Lipinski definition) is 4. The molecular formula is C11H18N2O3. The predicted molar refractivity (Wildman–Crippen MR) is 59.3 cm³/mol. The molecule has 1 heterocycles. The summed E-state index contributed by atoms with van der Waals surface area (Å²) in [5, 5.41) is 0. The summed E-state index contributed by atoms with van der Waals surface area (Å²) in [6, 6.07) is 0. The van der Waals surface area contributed by atoms with Crippen LogP contribution in [0, 0.1) is 0 Å². The largest absolute Gasteiger partial charge is 0.463 e. The zero-order chi connectivity index (χ0) is 12.1. The van der Waals surface area contributed by atoms with E-state index in [2.05, 4.69) is 0 Å². The van der Waals surface area contributed by atoms with Crippen LogP contribution in [0.25, 0.3) is 0 Å². The van der Waals surface area contributed by atoms with E-state index >= 15 is 0 Å². The molecule has 0 fully saturated rings. The predicted octanol–water partition coefficient (Wildman–Crippen LogP) is 0.405. The normalized spacial score (nSPS) is 15.9. The molecule has 0 saturated heterocycles. The molecule has 0 aromatic rings. The second-order valence-electron chi connectivity index (χ2n) is 3.69. The van der Waals surface area contributed by atoms with E-state index < -0.39 is 5.97 Å². The van der Waals surface area contributed by atoms with E-state index in [-0.39, 0.29) is 18.1 Å². The Bertz CT molecular complexity index is 323. The zero-order valence-electron chi connectivity index (χ0n) is 9.78. The van der Waals surface area contributed by atoms with Crippen LogP contribution in [-0.4, -0.2) is 36.5 Å². The van der Waals surface area contributed by atoms with Crippen LogP contribution in [0.5, 0.6) is 0 Å². The number of carbonyl (C=O) groups is 2. The fourth-order valence-electron chi connectivity index (χ4n) is 1.57. The summed E-state index contributed by atoms with van der Waals surface area (Å²) >= 11 is 0. The van der Waals surface area contributed by atoms with Gasteiger partial charge in [0.1, 0.15) is 5.70 Å². The number of esters is 1. The molecule has 0 saturated carbocycles. The molecule has 0 aromatic carbocycles. The number of nitrogens with zero attached hydrogens (tertiary/aromatic N) is 1. The van der Waals surface area contributed by atoms with Crippen molar-refractivity contribution in [3.05, 3.63) is 11.3 Å². The summed E-state index contributed by atoms with van der Waals surface area (Å²) < 4.78 is 4.84. The molecule has 0 radical (unpaired) electrons. The van der Waals surface area contributed by atoms with E-state index in [9.17, 15) is 9.59 Å². The minimum atomic E-state index is -0.479. The third kappa shape index (κ3) is 2.53. The third-order valence-electron chi connectivity index (χ3n) is 2.50. The highest BCUT2D eigenvalue weighted by Gasteiger charge is 2.32. The maximum Gasteiger partial charge on any atom is 0.338 e. The molecule has 0 aliphatic carbocycles. The van der Waals surface area contributed by atoms with Crippen LogP contribution in [0.4, 0.5) is 0 Å². The lowest BCUT2D eigenvalue weighted by molar-refractivity contribution is -0.138. The first-order chi connectivity index (χ1) is 7.61. The minimum absolute atomic E-state index is 0.0366. The highest BCUT2D eigenvalue weighted by Crippen LogP contribution is 2.17. The maximum atomic E-state index is 11.7. The van der Waals surface area contributed by atoms with E-state index in [1.807, 2.05) is 6.92 Å². The van der Waals surface area contributed by atoms with Crippen LogP contribution >= 0.6 is 0 Å². The molecule has 0 unspecified atom stereocenters. The Morgan fingerprint density at radius 3 is 2.75 bits per heavy atom. The Morgan fingerprint density at radius 1 is 1.50 bits per heavy atom. The Hall–Kier alpha value is -1.52. The number of hydrogen-bond donors (Lipinski definition) is 1. The quantitative estimate of drug-likeness (QED) is 0.689. The summed E-state index contributed by atoms with van der Waals surface area (Å²) in [6.45, 7) is 4.98. The van der Waals surface area contributed by atoms with Crippen LogP contribution in [0.2, 0.25) is 0 Å². The number of rotatable bonds is 5. The van der Waals surface area contributed by atoms with E-state index in [4.69, 9.17) is 10.5 Å². The van der Waals surface area contributed by atoms with Gasteiger partial charge in [0.25, 0.3) is 5.91 Å². The van der Waals surface area contributed by atoms with Gasteiger partial charge in [0.05, 0.1) is 18.7 Å². The van der Waals surface area contributed by atoms with E-state index in [1.54, 1.807) is 11.8 Å². The molecule has 5 nitrogen and oxygen atoms in total. The number of ether oxygens (including phenoxy) is 1. The molecule has 16 heavy (non-hydrogen) atoms. The molecule has 1 rings (SSSR count). The summed E-state index contributed by atoms with van der Waals surface area (Å²) in [5.41, 5.74) is 5.93. The first-order valence-electron chi connectivity index (χ1n) is 5.56. The van der Waals surface area contributed by atoms with Gasteiger partial charge < -0.3 is 15.4 Å². The van der Waals surface area contributed by atoms with Gasteiger partial charge in [-0.2, -0.15) is 0 Å². The van der Waals surface area contributed by atoms with Crippen molar-refractivity contribution in [1.29, 1.82) is 0 Å². The van der Waals surface area contributed by atoms with E-state index in [1.165, 1.54) is 0 Å². The fraction of sp³-hybridized carbons (Fsp3) is 0.636. The lowest BCUT2D eigenvalue weighted by atomic mass is 10.2. The van der Waals surface area contributed by atoms with E-state index in [0.29, 0.717) is 18.7 Å². The van der Waals surface area contributed by atoms with Gasteiger partial charge >= 0.3 is 5.97 Å². The maximum absolute atomic E-state index is 11.7. The standard InChI is InChI=1S/C11H18N2O3/c1-3-5-6-13-7-8(9(12)10(13)14)11(15)16-4-2/h3-7,12H2,1-2H3. The van der Waals surface area contributed by atoms with Crippen molar-refractivity contribution in [2.75, 3.05) is 19.7 Å². The second-order valence-corrected chi connectivity index (χ2v) is 3.69. The smallest absolute Gasteiger partial charge is 0.338 e. The number of amides is 1. The summed E-state index contributed by atoms with van der Waals surface area (Å²) in [5.74, 6) is -0.733. The first-order valence-corrected chi connectivity index (χ1v) is 5.56. The van der Waals surface area contributed by atoms with Crippen molar-refractivity contribution < 1.29 is 14.3 Å². The van der Waals surface area contributed by atoms with Crippen LogP contribution in [0.1, 0.15) is 26.7 Å². The van der Waals surface area contributed by atoms with Crippen LogP contribution in [0.15, 0.2) is 11.3 Å². The van der Waals surface area contributed by atoms with Gasteiger partial charge in [-0.25, -0.2) is 4.79 Å². The van der Waals surface area contributed by atoms with Gasteiger partial charge in [-0.3, -0.25) is 4.79 Å². The molecule has 90 valence electrons. The Labute approximate surface area is 95.2 Å². The average molecular weight is 226 g/mol. The topological polar surface area (TPSA) is 72.6 Å². The summed E-state index contributed by atoms with van der Waals surface area (Å²) in [7, 11) is 0. The molecule has 2 N–H and O–H groups in total. The molecule has 0 spiro atoms. The van der Waals surface area contributed by atoms with Crippen LogP contribution in [-0.2, 0) is 14.3 Å². The molecule has 1 amide bonds. The molecule has 1 aliphatic rings. The molecule has 0 aromatic heterocycles. The molecular weight excluding hydrogens is 208 g/mol. The second kappa shape index (κ2) is 5.53. The Kier molecular flexibility index (Phi) is 4.34. The monoisotopic (exact) mass is 226 g/mol. The van der Waals surface area contributed by atoms with Gasteiger partial charge in [-0.1, -0.05) is 13.3 Å². The lowest BCUT2D eigenvalue weighted by Crippen LogP contribution is -2.29. The van der Waals surface area contributed by atoms with Crippen LogP contribution < -0.4 is 5.73 Å². The molecule has 5 heteroatoms. The SMILES string of the molecule is CCCCN1CC(C(=O)OCC)=C(N)C1=O. The van der Waals surface area contributed by atoms with Crippen molar-refractivity contribution in [3.63, 3.8) is 0 Å². The fourth-order valence-corrected chi connectivity index (χ4v) is 1.57. The summed E-state index contributed by atoms with van der Waals surface area (Å²) in [4.78, 5) is 24.7. The summed E-state index contributed by atoms with van der Waals surface area (Å²) in [6.07, 6.45) is 1.91.